The minimum Gasteiger partial charge on any atom is -0.441 e. The summed E-state index contributed by atoms with van der Waals surface area (Å²) >= 11 is 3.80. The largest absolute Gasteiger partial charge is 0.441 e. The summed E-state index contributed by atoms with van der Waals surface area (Å²) in [4.78, 5) is 10.8. The van der Waals surface area contributed by atoms with E-state index in [0.29, 0.717) is 0 Å². The molecule has 1 rings (SSSR count). The normalized spacial score (nSPS) is 12.5. The van der Waals surface area contributed by atoms with Gasteiger partial charge in [0.15, 0.2) is 6.23 Å². The van der Waals surface area contributed by atoms with E-state index in [0.717, 1.165) is 0 Å². The van der Waals surface area contributed by atoms with Crippen LogP contribution in [0.4, 0.5) is 0 Å². The number of thiol groups is 1. The van der Waals surface area contributed by atoms with Crippen molar-refractivity contribution in [2.75, 3.05) is 5.75 Å². The van der Waals surface area contributed by atoms with Gasteiger partial charge in [-0.25, -0.2) is 0 Å². The lowest BCUT2D eigenvalue weighted by molar-refractivity contribution is -0.149. The first kappa shape index (κ1) is 9.19. The van der Waals surface area contributed by atoms with Crippen LogP contribution in [0.25, 0.3) is 0 Å². The van der Waals surface area contributed by atoms with E-state index >= 15 is 0 Å². The molecule has 66 valence electrons. The van der Waals surface area contributed by atoms with Gasteiger partial charge in [0.05, 0.1) is 5.75 Å². The summed E-state index contributed by atoms with van der Waals surface area (Å²) in [6, 6.07) is 3.76. The van der Waals surface area contributed by atoms with Crippen molar-refractivity contribution in [2.45, 2.75) is 13.2 Å². The van der Waals surface area contributed by atoms with Crippen molar-refractivity contribution in [3.63, 3.8) is 0 Å². The van der Waals surface area contributed by atoms with E-state index in [-0.39, 0.29) is 18.0 Å². The second-order valence-electron chi connectivity index (χ2n) is 2.38. The van der Waals surface area contributed by atoms with Gasteiger partial charge >= 0.3 is 5.97 Å². The smallest absolute Gasteiger partial charge is 0.317 e. The molecular formula is C8H11NO2S. The molecule has 4 heteroatoms. The van der Waals surface area contributed by atoms with Gasteiger partial charge in [-0.1, -0.05) is 0 Å². The van der Waals surface area contributed by atoms with Crippen LogP contribution in [-0.2, 0) is 9.53 Å². The SMILES string of the molecule is CC(OC(=O)CS)n1cccc1. The molecule has 1 heterocycles. The molecule has 0 fully saturated rings. The number of nitrogens with zero attached hydrogens (tertiary/aromatic N) is 1. The van der Waals surface area contributed by atoms with Crippen LogP contribution >= 0.6 is 12.6 Å². The van der Waals surface area contributed by atoms with E-state index in [1.807, 2.05) is 24.5 Å². The Labute approximate surface area is 76.7 Å². The molecule has 1 aromatic heterocycles. The van der Waals surface area contributed by atoms with Crippen LogP contribution in [0.5, 0.6) is 0 Å². The van der Waals surface area contributed by atoms with E-state index in [1.165, 1.54) is 0 Å². The van der Waals surface area contributed by atoms with Crippen LogP contribution < -0.4 is 0 Å². The number of hydrogen-bond acceptors (Lipinski definition) is 3. The minimum absolute atomic E-state index is 0.117. The molecule has 0 amide bonds. The Balaban J connectivity index is 2.49. The summed E-state index contributed by atoms with van der Waals surface area (Å²) in [6.45, 7) is 1.81. The Kier molecular flexibility index (Phi) is 3.22. The van der Waals surface area contributed by atoms with Crippen LogP contribution in [0, 0.1) is 0 Å². The van der Waals surface area contributed by atoms with Crippen LogP contribution in [0.3, 0.4) is 0 Å². The molecule has 0 saturated heterocycles. The van der Waals surface area contributed by atoms with Crippen molar-refractivity contribution in [1.82, 2.24) is 4.57 Å². The van der Waals surface area contributed by atoms with E-state index in [4.69, 9.17) is 4.74 Å². The number of esters is 1. The summed E-state index contributed by atoms with van der Waals surface area (Å²) in [7, 11) is 0. The van der Waals surface area contributed by atoms with Crippen LogP contribution in [-0.4, -0.2) is 16.3 Å². The van der Waals surface area contributed by atoms with Crippen molar-refractivity contribution in [2.24, 2.45) is 0 Å². The van der Waals surface area contributed by atoms with E-state index in [9.17, 15) is 4.79 Å². The molecule has 3 nitrogen and oxygen atoms in total. The molecule has 0 aliphatic rings. The second kappa shape index (κ2) is 4.21. The molecule has 0 aliphatic carbocycles. The van der Waals surface area contributed by atoms with Gasteiger partial charge in [0.1, 0.15) is 0 Å². The highest BCUT2D eigenvalue weighted by molar-refractivity contribution is 7.81. The molecular weight excluding hydrogens is 174 g/mol. The summed E-state index contributed by atoms with van der Waals surface area (Å²) in [5, 5.41) is 0. The number of aromatic nitrogens is 1. The molecule has 0 spiro atoms. The lowest BCUT2D eigenvalue weighted by Gasteiger charge is -2.13. The van der Waals surface area contributed by atoms with Gasteiger partial charge in [0.25, 0.3) is 0 Å². The lowest BCUT2D eigenvalue weighted by atomic mass is 10.6. The van der Waals surface area contributed by atoms with E-state index in [2.05, 4.69) is 12.6 Å². The molecule has 0 saturated carbocycles. The third kappa shape index (κ3) is 2.30. The lowest BCUT2D eigenvalue weighted by Crippen LogP contribution is -2.14. The molecule has 0 aliphatic heterocycles. The van der Waals surface area contributed by atoms with Gasteiger partial charge in [0, 0.05) is 12.4 Å². The third-order valence-electron chi connectivity index (χ3n) is 1.48. The number of ether oxygens (including phenoxy) is 1. The topological polar surface area (TPSA) is 31.2 Å². The Morgan fingerprint density at radius 2 is 2.17 bits per heavy atom. The zero-order chi connectivity index (χ0) is 8.97. The average Bonchev–Trinajstić information content (AvgIpc) is 2.56. The molecule has 0 N–H and O–H groups in total. The molecule has 1 unspecified atom stereocenters. The molecule has 12 heavy (non-hydrogen) atoms. The molecule has 0 radical (unpaired) electrons. The Hall–Kier alpha value is -0.900. The van der Waals surface area contributed by atoms with E-state index < -0.39 is 0 Å². The maximum Gasteiger partial charge on any atom is 0.317 e. The van der Waals surface area contributed by atoms with Gasteiger partial charge in [-0.3, -0.25) is 4.79 Å². The van der Waals surface area contributed by atoms with Crippen LogP contribution in [0.15, 0.2) is 24.5 Å². The Bertz CT molecular complexity index is 246. The summed E-state index contributed by atoms with van der Waals surface area (Å²) in [5.41, 5.74) is 0. The Morgan fingerprint density at radius 1 is 1.58 bits per heavy atom. The van der Waals surface area contributed by atoms with Gasteiger partial charge in [-0.05, 0) is 19.1 Å². The van der Waals surface area contributed by atoms with Crippen molar-refractivity contribution >= 4 is 18.6 Å². The predicted octanol–water partition coefficient (Wildman–Crippen LogP) is 1.48. The number of carbonyl (C=O) groups excluding carboxylic acids is 1. The fourth-order valence-electron chi connectivity index (χ4n) is 0.879. The highest BCUT2D eigenvalue weighted by Gasteiger charge is 2.07. The van der Waals surface area contributed by atoms with Crippen molar-refractivity contribution < 1.29 is 9.53 Å². The van der Waals surface area contributed by atoms with Crippen molar-refractivity contribution in [3.05, 3.63) is 24.5 Å². The second-order valence-corrected chi connectivity index (χ2v) is 2.69. The van der Waals surface area contributed by atoms with Gasteiger partial charge in [-0.2, -0.15) is 12.6 Å². The molecule has 0 aromatic carbocycles. The highest BCUT2D eigenvalue weighted by atomic mass is 32.1. The van der Waals surface area contributed by atoms with Gasteiger partial charge in [0.2, 0.25) is 0 Å². The molecule has 0 bridgehead atoms. The molecule has 1 aromatic rings. The zero-order valence-electron chi connectivity index (χ0n) is 6.80. The van der Waals surface area contributed by atoms with Crippen LogP contribution in [0.2, 0.25) is 0 Å². The first-order chi connectivity index (χ1) is 5.74. The highest BCUT2D eigenvalue weighted by Crippen LogP contribution is 2.07. The quantitative estimate of drug-likeness (QED) is 0.571. The fourth-order valence-corrected chi connectivity index (χ4v) is 0.953. The van der Waals surface area contributed by atoms with Crippen molar-refractivity contribution in [1.29, 1.82) is 0 Å². The van der Waals surface area contributed by atoms with E-state index in [1.54, 1.807) is 11.5 Å². The number of rotatable bonds is 3. The maximum absolute atomic E-state index is 10.8. The fraction of sp³-hybridized carbons (Fsp3) is 0.375. The first-order valence-corrected chi connectivity index (χ1v) is 4.30. The monoisotopic (exact) mass is 185 g/mol. The van der Waals surface area contributed by atoms with Crippen molar-refractivity contribution in [3.8, 4) is 0 Å². The average molecular weight is 185 g/mol. The standard InChI is InChI=1S/C8H11NO2S/c1-7(11-8(10)6-12)9-4-2-3-5-9/h2-5,7,12H,6H2,1H3. The number of hydrogen-bond donors (Lipinski definition) is 1. The first-order valence-electron chi connectivity index (χ1n) is 3.67. The summed E-state index contributed by atoms with van der Waals surface area (Å²) in [5.74, 6) is -0.189. The third-order valence-corrected chi connectivity index (χ3v) is 1.74. The number of carbonyl (C=O) groups is 1. The van der Waals surface area contributed by atoms with Crippen LogP contribution in [0.1, 0.15) is 13.2 Å². The summed E-state index contributed by atoms with van der Waals surface area (Å²) < 4.78 is 6.80. The predicted molar refractivity (Wildman–Crippen MR) is 49.1 cm³/mol. The summed E-state index contributed by atoms with van der Waals surface area (Å²) in [6.07, 6.45) is 3.44. The maximum atomic E-state index is 10.8. The van der Waals surface area contributed by atoms with Gasteiger partial charge < -0.3 is 9.30 Å². The van der Waals surface area contributed by atoms with Gasteiger partial charge in [-0.15, -0.1) is 0 Å². The minimum atomic E-state index is -0.306. The molecule has 1 atom stereocenters. The Morgan fingerprint density at radius 3 is 2.67 bits per heavy atom. The zero-order valence-corrected chi connectivity index (χ0v) is 7.70.